The predicted molar refractivity (Wildman–Crippen MR) is 175 cm³/mol. The summed E-state index contributed by atoms with van der Waals surface area (Å²) in [6, 6.07) is 0. The first-order valence-corrected chi connectivity index (χ1v) is 20.9. The summed E-state index contributed by atoms with van der Waals surface area (Å²) in [5.74, 6) is -1.36. The van der Waals surface area contributed by atoms with E-state index in [1.54, 1.807) is 0 Å². The Kier molecular flexibility index (Phi) is 16.2. The zero-order valence-electron chi connectivity index (χ0n) is 28.7. The van der Waals surface area contributed by atoms with Crippen molar-refractivity contribution in [2.45, 2.75) is 70.4 Å². The van der Waals surface area contributed by atoms with Crippen LogP contribution in [0.4, 0.5) is 5.82 Å². The first kappa shape index (κ1) is 45.9. The molecule has 0 bridgehead atoms. The molecule has 3 heterocycles. The molecule has 0 saturated carbocycles. The van der Waals surface area contributed by atoms with Crippen LogP contribution in [0.25, 0.3) is 11.2 Å². The fourth-order valence-corrected chi connectivity index (χ4v) is 8.10. The average molecular weight is 854 g/mol. The average Bonchev–Trinajstić information content (AvgIpc) is 3.60. The normalized spacial score (nSPS) is 22.6. The first-order chi connectivity index (χ1) is 24.9. The van der Waals surface area contributed by atoms with Gasteiger partial charge in [0.15, 0.2) is 22.8 Å². The van der Waals surface area contributed by atoms with Gasteiger partial charge in [-0.25, -0.2) is 19.3 Å². The second-order valence-corrected chi connectivity index (χ2v) is 17.5. The minimum Gasteiger partial charge on any atom is -0.790 e. The number of hydrogen-bond acceptors (Lipinski definition) is 23. The highest BCUT2D eigenvalue weighted by atomic mass is 32.2. The number of aliphatic hydroxyl groups excluding tert-OH is 3. The largest absolute Gasteiger partial charge is 0.790 e. The molecule has 29 heteroatoms. The van der Waals surface area contributed by atoms with Gasteiger partial charge < -0.3 is 74.1 Å². The third-order valence-corrected chi connectivity index (χ3v) is 11.1. The lowest BCUT2D eigenvalue weighted by Gasteiger charge is -2.36. The Morgan fingerprint density at radius 2 is 1.74 bits per heavy atom. The number of aliphatic hydroxyl groups is 3. The van der Waals surface area contributed by atoms with Crippen molar-refractivity contribution in [1.82, 2.24) is 30.2 Å². The van der Waals surface area contributed by atoms with Crippen LogP contribution in [-0.2, 0) is 50.7 Å². The van der Waals surface area contributed by atoms with E-state index < -0.39 is 90.7 Å². The Morgan fingerprint density at radius 1 is 1.07 bits per heavy atom. The van der Waals surface area contributed by atoms with Gasteiger partial charge >= 0.3 is 0 Å². The van der Waals surface area contributed by atoms with E-state index in [9.17, 15) is 63.0 Å². The number of anilines is 1. The molecular weight excluding hydrogens is 815 g/mol. The zero-order valence-corrected chi connectivity index (χ0v) is 32.1. The number of carbonyl (C=O) groups excluding carboxylic acids is 3. The number of amides is 2. The Morgan fingerprint density at radius 3 is 2.39 bits per heavy atom. The lowest BCUT2D eigenvalue weighted by atomic mass is 9.87. The lowest BCUT2D eigenvalue weighted by Crippen LogP contribution is -2.46. The maximum atomic E-state index is 12.5. The highest BCUT2D eigenvalue weighted by Crippen LogP contribution is 2.56. The minimum atomic E-state index is -5.92. The molecule has 0 spiro atoms. The molecule has 2 aromatic heterocycles. The molecule has 1 aliphatic heterocycles. The van der Waals surface area contributed by atoms with Gasteiger partial charge in [0.05, 0.1) is 33.5 Å². The smallest absolute Gasteiger partial charge is 0.274 e. The number of nitrogens with one attached hydrogen (secondary N) is 2. The van der Waals surface area contributed by atoms with Crippen LogP contribution in [0.1, 0.15) is 39.8 Å². The molecule has 0 radical (unpaired) electrons. The molecule has 2 aromatic rings. The number of hydrogen-bond donors (Lipinski definition) is 6. The second kappa shape index (κ2) is 19.1. The summed E-state index contributed by atoms with van der Waals surface area (Å²) in [6.45, 7) is 1.43. The number of imidazole rings is 1. The number of aromatic nitrogens is 4. The third kappa shape index (κ3) is 13.9. The fraction of sp³-hybridized carbons (Fsp3) is 0.680. The molecule has 3 rings (SSSR count). The van der Waals surface area contributed by atoms with Crippen molar-refractivity contribution >= 4 is 69.1 Å². The number of fused-ring (bicyclic) bond motifs is 1. The van der Waals surface area contributed by atoms with Gasteiger partial charge in [-0.3, -0.25) is 28.1 Å². The van der Waals surface area contributed by atoms with Crippen molar-refractivity contribution in [2.75, 3.05) is 37.8 Å². The number of nitrogens with two attached hydrogens (primary N) is 1. The van der Waals surface area contributed by atoms with Crippen molar-refractivity contribution in [3.63, 3.8) is 0 Å². The number of phosphoric acid groups is 3. The van der Waals surface area contributed by atoms with E-state index in [4.69, 9.17) is 10.5 Å². The molecule has 1 fully saturated rings. The Hall–Kier alpha value is -2.48. The van der Waals surface area contributed by atoms with Gasteiger partial charge in [-0.1, -0.05) is 25.6 Å². The summed E-state index contributed by atoms with van der Waals surface area (Å²) in [4.78, 5) is 95.3. The van der Waals surface area contributed by atoms with Crippen molar-refractivity contribution in [1.29, 1.82) is 0 Å². The zero-order chi connectivity index (χ0) is 40.6. The number of thioether (sulfide) groups is 1. The van der Waals surface area contributed by atoms with Crippen LogP contribution in [-0.4, -0.2) is 114 Å². The summed E-state index contributed by atoms with van der Waals surface area (Å²) in [7, 11) is -17.6. The first-order valence-electron chi connectivity index (χ1n) is 15.6. The van der Waals surface area contributed by atoms with Gasteiger partial charge in [-0.05, 0) is 6.92 Å². The lowest BCUT2D eigenvalue weighted by molar-refractivity contribution is -0.347. The van der Waals surface area contributed by atoms with Gasteiger partial charge in [0.1, 0.15) is 36.3 Å². The maximum absolute atomic E-state index is 12.5. The molecule has 25 nitrogen and oxygen atoms in total. The Balaban J connectivity index is 1.51. The SMILES string of the molecule is CC(C)(COP(=O)([O-])OP(=O)([O-])OC[C@H]1O[C@@H](n2cnc3c(N)ncnc32)[C@H](O)[C@@H]1OP(=O)([O-])[O-])[C@@H](O)C(=O)NCCC(=O)NCCS[13C](=O)[13CH2][13CH]([13CH3])O. The van der Waals surface area contributed by atoms with Gasteiger partial charge in [0.25, 0.3) is 15.6 Å². The maximum Gasteiger partial charge on any atom is 0.274 e. The molecule has 306 valence electrons. The number of ether oxygens (including phenoxy) is 1. The van der Waals surface area contributed by atoms with E-state index in [0.717, 1.165) is 29.0 Å². The predicted octanol–water partition coefficient (Wildman–Crippen LogP) is -4.09. The second-order valence-electron chi connectivity index (χ2n) is 12.3. The van der Waals surface area contributed by atoms with Crippen LogP contribution in [0.15, 0.2) is 12.7 Å². The topological polar surface area (TPSA) is 395 Å². The van der Waals surface area contributed by atoms with Crippen LogP contribution in [0.5, 0.6) is 0 Å². The summed E-state index contributed by atoms with van der Waals surface area (Å²) in [5, 5.41) is 35.0. The van der Waals surface area contributed by atoms with Gasteiger partial charge in [-0.2, -0.15) is 0 Å². The molecule has 2 amide bonds. The van der Waals surface area contributed by atoms with Crippen molar-refractivity contribution < 1.29 is 85.6 Å². The van der Waals surface area contributed by atoms with Crippen molar-refractivity contribution in [2.24, 2.45) is 5.41 Å². The van der Waals surface area contributed by atoms with E-state index in [2.05, 4.69) is 43.5 Å². The third-order valence-electron chi connectivity index (χ3n) is 7.20. The van der Waals surface area contributed by atoms with Gasteiger partial charge in [0, 0.05) is 37.1 Å². The molecule has 7 N–H and O–H groups in total. The summed E-state index contributed by atoms with van der Waals surface area (Å²) in [6.07, 6.45) is -8.48. The molecule has 1 saturated heterocycles. The van der Waals surface area contributed by atoms with Crippen molar-refractivity contribution in [3.05, 3.63) is 12.7 Å². The molecule has 3 unspecified atom stereocenters. The van der Waals surface area contributed by atoms with Crippen LogP contribution < -0.4 is 35.9 Å². The van der Waals surface area contributed by atoms with Crippen LogP contribution in [0, 0.1) is 5.41 Å². The molecule has 1 aliphatic rings. The standard InChI is InChI=1S/C25H42N7O18P3S/c1-13(33)8-16(35)54-7-6-27-15(34)4-5-28-23(38)20(37)25(2,3)10-47-53(44,45)50-52(42,43)46-9-14-19(49-51(39,40)41)18(36)24(48-14)32-12-31-17-21(26)29-11-30-22(17)32/h11-14,18-20,24,33,36-37H,4-10H2,1-3H3,(H,27,34)(H,28,38)(H,42,43)(H,44,45)(H2,26,29,30)(H2,39,40,41)/p-4/t13?,14-,18-,19-,20+,24-/m1/s1/i1+1,8+1,13+1,16+1. The van der Waals surface area contributed by atoms with E-state index in [0.29, 0.717) is 0 Å². The van der Waals surface area contributed by atoms with Gasteiger partial charge in [0.2, 0.25) is 11.8 Å². The summed E-state index contributed by atoms with van der Waals surface area (Å²) in [5.41, 5.74) is 4.04. The molecule has 0 aliphatic carbocycles. The monoisotopic (exact) mass is 853 g/mol. The quantitative estimate of drug-likeness (QED) is 0.0395. The van der Waals surface area contributed by atoms with E-state index in [-0.39, 0.29) is 53.8 Å². The van der Waals surface area contributed by atoms with E-state index in [1.165, 1.54) is 20.8 Å². The highest BCUT2D eigenvalue weighted by molar-refractivity contribution is 8.13. The van der Waals surface area contributed by atoms with E-state index >= 15 is 0 Å². The Bertz CT molecular complexity index is 1780. The molecular formula is C25H38N7O18P3S-4. The summed E-state index contributed by atoms with van der Waals surface area (Å²) >= 11 is 0.927. The van der Waals surface area contributed by atoms with Gasteiger partial charge in [-0.15, -0.1) is 0 Å². The summed E-state index contributed by atoms with van der Waals surface area (Å²) < 4.78 is 60.3. The number of nitrogen functional groups attached to an aromatic ring is 1. The fourth-order valence-electron chi connectivity index (χ4n) is 4.57. The molecule has 54 heavy (non-hydrogen) atoms. The molecule has 0 aromatic carbocycles. The minimum absolute atomic E-state index is 0.0260. The number of rotatable bonds is 21. The van der Waals surface area contributed by atoms with Crippen LogP contribution in [0.2, 0.25) is 0 Å². The van der Waals surface area contributed by atoms with Crippen molar-refractivity contribution in [3.8, 4) is 0 Å². The number of carbonyl (C=O) groups is 3. The highest BCUT2D eigenvalue weighted by Gasteiger charge is 2.47. The molecule has 8 atom stereocenters. The van der Waals surface area contributed by atoms with Crippen LogP contribution in [0.3, 0.4) is 0 Å². The van der Waals surface area contributed by atoms with Crippen LogP contribution >= 0.6 is 35.2 Å². The van der Waals surface area contributed by atoms with E-state index in [1.807, 2.05) is 0 Å². The number of phosphoric ester groups is 3. The number of nitrogens with zero attached hydrogens (tertiary/aromatic N) is 4. The Labute approximate surface area is 310 Å².